The lowest BCUT2D eigenvalue weighted by atomic mass is 9.81. The Hall–Kier alpha value is -3.70. The van der Waals surface area contributed by atoms with E-state index < -0.39 is 29.0 Å². The summed E-state index contributed by atoms with van der Waals surface area (Å²) in [6, 6.07) is 8.72. The summed E-state index contributed by atoms with van der Waals surface area (Å²) in [4.78, 5) is 3.38. The highest BCUT2D eigenvalue weighted by Gasteiger charge is 2.24. The first-order valence-corrected chi connectivity index (χ1v) is 12.4. The molecule has 0 amide bonds. The second-order valence-corrected chi connectivity index (χ2v) is 9.29. The molecule has 0 fully saturated rings. The number of nitrogens with zero attached hydrogens (tertiary/aromatic N) is 1. The van der Waals surface area contributed by atoms with Crippen molar-refractivity contribution in [1.29, 1.82) is 0 Å². The van der Waals surface area contributed by atoms with Crippen molar-refractivity contribution in [3.63, 3.8) is 0 Å². The third-order valence-electron chi connectivity index (χ3n) is 6.49. The van der Waals surface area contributed by atoms with Gasteiger partial charge < -0.3 is 0 Å². The molecule has 0 N–H and O–H groups in total. The van der Waals surface area contributed by atoms with Crippen LogP contribution in [-0.2, 0) is 12.8 Å². The molecule has 0 saturated carbocycles. The number of fused-ring (bicyclic) bond motifs is 1. The molecule has 0 radical (unpaired) electrons. The minimum Gasteiger partial charge on any atom is -0.206 e. The molecule has 4 rings (SSSR count). The van der Waals surface area contributed by atoms with Gasteiger partial charge in [-0.25, -0.2) is 17.6 Å². The lowest BCUT2D eigenvalue weighted by Crippen LogP contribution is -2.17. The maximum absolute atomic E-state index is 15.1. The van der Waals surface area contributed by atoms with Gasteiger partial charge in [-0.1, -0.05) is 43.4 Å². The van der Waals surface area contributed by atoms with E-state index >= 15 is 4.39 Å². The number of aryl methyl sites for hydroxylation is 1. The molecule has 186 valence electrons. The summed E-state index contributed by atoms with van der Waals surface area (Å²) in [5.74, 6) is 8.65. The van der Waals surface area contributed by atoms with E-state index in [9.17, 15) is 13.2 Å². The molecular weight excluding hydrogens is 494 g/mol. The maximum atomic E-state index is 15.1. The van der Waals surface area contributed by atoms with Crippen LogP contribution in [0.4, 0.5) is 23.2 Å². The van der Waals surface area contributed by atoms with Crippen LogP contribution >= 0.6 is 12.2 Å². The van der Waals surface area contributed by atoms with Crippen molar-refractivity contribution in [2.45, 2.75) is 46.0 Å². The number of benzene rings is 3. The summed E-state index contributed by atoms with van der Waals surface area (Å²) >= 11 is 4.40. The van der Waals surface area contributed by atoms with Gasteiger partial charge in [0, 0.05) is 16.7 Å². The van der Waals surface area contributed by atoms with Crippen LogP contribution in [0.5, 0.6) is 0 Å². The van der Waals surface area contributed by atoms with Crippen LogP contribution < -0.4 is 0 Å². The summed E-state index contributed by atoms with van der Waals surface area (Å²) in [6.07, 6.45) is 4.34. The molecule has 1 aliphatic rings. The van der Waals surface area contributed by atoms with Crippen molar-refractivity contribution < 1.29 is 17.6 Å². The van der Waals surface area contributed by atoms with E-state index in [1.165, 1.54) is 6.07 Å². The highest BCUT2D eigenvalue weighted by Crippen LogP contribution is 2.32. The van der Waals surface area contributed by atoms with E-state index in [-0.39, 0.29) is 11.1 Å². The van der Waals surface area contributed by atoms with Crippen molar-refractivity contribution in [3.05, 3.63) is 98.6 Å². The molecule has 1 aliphatic carbocycles. The summed E-state index contributed by atoms with van der Waals surface area (Å²) in [7, 11) is 0. The fourth-order valence-electron chi connectivity index (χ4n) is 4.64. The topological polar surface area (TPSA) is 12.4 Å². The highest BCUT2D eigenvalue weighted by molar-refractivity contribution is 7.78. The van der Waals surface area contributed by atoms with Crippen LogP contribution in [0.25, 0.3) is 0 Å². The Morgan fingerprint density at radius 1 is 0.919 bits per heavy atom. The standard InChI is InChI=1S/C31H23F4NS/c1-3-4-20-7-11-25-24(14-20)17-27(32)26(30(25)35)12-8-21-5-9-23(19(2)13-21)10-6-22-15-28(33)31(36-18-37)29(34)16-22/h5,9,13,15-17,20H,3-4,7,11,14H2,1-2H3. The van der Waals surface area contributed by atoms with Gasteiger partial charge in [0.05, 0.1) is 10.7 Å². The van der Waals surface area contributed by atoms with Gasteiger partial charge >= 0.3 is 0 Å². The Kier molecular flexibility index (Phi) is 8.24. The highest BCUT2D eigenvalue weighted by atomic mass is 32.1. The Morgan fingerprint density at radius 2 is 1.65 bits per heavy atom. The smallest absolute Gasteiger partial charge is 0.153 e. The van der Waals surface area contributed by atoms with Crippen molar-refractivity contribution in [3.8, 4) is 23.7 Å². The average Bonchev–Trinajstić information content (AvgIpc) is 2.85. The van der Waals surface area contributed by atoms with E-state index in [1.54, 1.807) is 25.1 Å². The van der Waals surface area contributed by atoms with Crippen molar-refractivity contribution >= 4 is 23.1 Å². The van der Waals surface area contributed by atoms with E-state index in [0.29, 0.717) is 35.4 Å². The first kappa shape index (κ1) is 26.4. The van der Waals surface area contributed by atoms with Crippen LogP contribution in [-0.4, -0.2) is 5.16 Å². The summed E-state index contributed by atoms with van der Waals surface area (Å²) in [5, 5.41) is 1.94. The zero-order chi connectivity index (χ0) is 26.5. The van der Waals surface area contributed by atoms with E-state index in [0.717, 1.165) is 42.5 Å². The zero-order valence-electron chi connectivity index (χ0n) is 20.4. The van der Waals surface area contributed by atoms with Gasteiger partial charge in [0.1, 0.15) is 17.3 Å². The summed E-state index contributed by atoms with van der Waals surface area (Å²) in [6.45, 7) is 3.93. The molecule has 0 saturated heterocycles. The van der Waals surface area contributed by atoms with Gasteiger partial charge in [0.2, 0.25) is 0 Å². The molecule has 0 spiro atoms. The number of halogens is 4. The second kappa shape index (κ2) is 11.6. The van der Waals surface area contributed by atoms with Crippen LogP contribution in [0.15, 0.2) is 41.4 Å². The molecule has 6 heteroatoms. The summed E-state index contributed by atoms with van der Waals surface area (Å²) < 4.78 is 57.9. The second-order valence-electron chi connectivity index (χ2n) is 9.10. The van der Waals surface area contributed by atoms with Crippen LogP contribution in [0, 0.1) is 59.8 Å². The van der Waals surface area contributed by atoms with Gasteiger partial charge in [-0.15, -0.1) is 0 Å². The zero-order valence-corrected chi connectivity index (χ0v) is 21.3. The Balaban J connectivity index is 1.57. The molecule has 1 unspecified atom stereocenters. The first-order valence-electron chi connectivity index (χ1n) is 12.0. The molecular formula is C31H23F4NS. The Bertz CT molecular complexity index is 1520. The fraction of sp³-hybridized carbons (Fsp3) is 0.258. The van der Waals surface area contributed by atoms with Crippen molar-refractivity contribution in [2.75, 3.05) is 0 Å². The Labute approximate surface area is 219 Å². The molecule has 1 nitrogen and oxygen atoms in total. The van der Waals surface area contributed by atoms with Crippen molar-refractivity contribution in [1.82, 2.24) is 0 Å². The number of hydrogen-bond acceptors (Lipinski definition) is 2. The normalized spacial score (nSPS) is 13.9. The van der Waals surface area contributed by atoms with Crippen LogP contribution in [0.2, 0.25) is 0 Å². The minimum atomic E-state index is -0.883. The first-order chi connectivity index (χ1) is 17.8. The van der Waals surface area contributed by atoms with E-state index in [4.69, 9.17) is 0 Å². The van der Waals surface area contributed by atoms with Gasteiger partial charge in [0.15, 0.2) is 11.6 Å². The van der Waals surface area contributed by atoms with E-state index in [2.05, 4.69) is 47.8 Å². The van der Waals surface area contributed by atoms with Crippen LogP contribution in [0.3, 0.4) is 0 Å². The SMILES string of the molecule is CCCC1CCc2c(cc(F)c(C#Cc3ccc(C#Cc4cc(F)c(N=C=S)c(F)c4)c(C)c3)c2F)C1. The Morgan fingerprint density at radius 3 is 2.32 bits per heavy atom. The molecule has 37 heavy (non-hydrogen) atoms. The largest absolute Gasteiger partial charge is 0.206 e. The third-order valence-corrected chi connectivity index (χ3v) is 6.59. The molecule has 0 aliphatic heterocycles. The van der Waals surface area contributed by atoms with Gasteiger partial charge in [-0.3, -0.25) is 0 Å². The third kappa shape index (κ3) is 6.00. The number of aliphatic imine (C=N–C) groups is 1. The minimum absolute atomic E-state index is 0.140. The predicted octanol–water partition coefficient (Wildman–Crippen LogP) is 7.99. The van der Waals surface area contributed by atoms with Gasteiger partial charge in [-0.2, -0.15) is 4.99 Å². The molecule has 3 aromatic carbocycles. The molecule has 0 aromatic heterocycles. The number of rotatable bonds is 3. The number of isothiocyanates is 1. The van der Waals surface area contributed by atoms with Gasteiger partial charge in [0.25, 0.3) is 0 Å². The molecule has 0 heterocycles. The molecule has 0 bridgehead atoms. The average molecular weight is 518 g/mol. The lowest BCUT2D eigenvalue weighted by Gasteiger charge is -2.25. The van der Waals surface area contributed by atoms with E-state index in [1.807, 2.05) is 5.16 Å². The van der Waals surface area contributed by atoms with Gasteiger partial charge in [-0.05, 0) is 97.4 Å². The maximum Gasteiger partial charge on any atom is 0.153 e. The lowest BCUT2D eigenvalue weighted by molar-refractivity contribution is 0.411. The monoisotopic (exact) mass is 517 g/mol. The number of thiocarbonyl (C=S) groups is 1. The quantitative estimate of drug-likeness (QED) is 0.148. The molecule has 3 aromatic rings. The number of hydrogen-bond donors (Lipinski definition) is 0. The fourth-order valence-corrected chi connectivity index (χ4v) is 4.73. The predicted molar refractivity (Wildman–Crippen MR) is 141 cm³/mol. The summed E-state index contributed by atoms with van der Waals surface area (Å²) in [5.41, 5.74) is 2.71. The molecule has 1 atom stereocenters. The van der Waals surface area contributed by atoms with Crippen molar-refractivity contribution in [2.24, 2.45) is 10.9 Å². The van der Waals surface area contributed by atoms with Crippen LogP contribution in [0.1, 0.15) is 65.1 Å².